The maximum absolute atomic E-state index is 12.7. The Kier molecular flexibility index (Phi) is 5.41. The van der Waals surface area contributed by atoms with Gasteiger partial charge in [-0.2, -0.15) is 0 Å². The average molecular weight is 310 g/mol. The third kappa shape index (κ3) is 3.65. The lowest BCUT2D eigenvalue weighted by molar-refractivity contribution is -0.133. The highest BCUT2D eigenvalue weighted by Crippen LogP contribution is 2.34. The first-order valence-electron chi connectivity index (χ1n) is 7.68. The Bertz CT molecular complexity index is 461. The minimum absolute atomic E-state index is 0.0231. The zero-order valence-electron chi connectivity index (χ0n) is 13.4. The molecule has 0 spiro atoms. The Hall–Kier alpha value is -0.910. The van der Waals surface area contributed by atoms with Crippen LogP contribution in [0.3, 0.4) is 0 Å². The molecule has 0 aromatic carbocycles. The lowest BCUT2D eigenvalue weighted by Crippen LogP contribution is -2.43. The molecule has 0 aliphatic carbocycles. The van der Waals surface area contributed by atoms with E-state index >= 15 is 0 Å². The van der Waals surface area contributed by atoms with Crippen molar-refractivity contribution >= 4 is 17.2 Å². The first-order chi connectivity index (χ1) is 9.98. The summed E-state index contributed by atoms with van der Waals surface area (Å²) in [4.78, 5) is 15.8. The molecule has 1 N–H and O–H groups in total. The van der Waals surface area contributed by atoms with Crippen molar-refractivity contribution in [1.82, 2.24) is 10.2 Å². The van der Waals surface area contributed by atoms with Gasteiger partial charge in [-0.25, -0.2) is 0 Å². The summed E-state index contributed by atoms with van der Waals surface area (Å²) in [6.45, 7) is 10.3. The molecule has 1 fully saturated rings. The van der Waals surface area contributed by atoms with Crippen molar-refractivity contribution in [3.8, 4) is 0 Å². The number of hydrogen-bond donors (Lipinski definition) is 1. The summed E-state index contributed by atoms with van der Waals surface area (Å²) in [6, 6.07) is 4.11. The Morgan fingerprint density at radius 1 is 1.52 bits per heavy atom. The molecule has 118 valence electrons. The number of carbonyl (C=O) groups excluding carboxylic acids is 1. The third-order valence-electron chi connectivity index (χ3n) is 3.95. The van der Waals surface area contributed by atoms with Crippen LogP contribution in [0, 0.1) is 5.92 Å². The molecule has 0 saturated carbocycles. The van der Waals surface area contributed by atoms with Crippen LogP contribution >= 0.6 is 11.3 Å². The van der Waals surface area contributed by atoms with Crippen LogP contribution in [-0.2, 0) is 9.53 Å². The van der Waals surface area contributed by atoms with E-state index in [2.05, 4.69) is 37.5 Å². The fourth-order valence-electron chi connectivity index (χ4n) is 2.51. The minimum atomic E-state index is -0.466. The second-order valence-corrected chi connectivity index (χ2v) is 7.19. The molecular weight excluding hydrogens is 284 g/mol. The highest BCUT2D eigenvalue weighted by molar-refractivity contribution is 7.10. The number of amides is 1. The molecule has 5 heteroatoms. The van der Waals surface area contributed by atoms with E-state index in [9.17, 15) is 4.79 Å². The fraction of sp³-hybridized carbons (Fsp3) is 0.688. The largest absolute Gasteiger partial charge is 0.379 e. The minimum Gasteiger partial charge on any atom is -0.379 e. The fourth-order valence-corrected chi connectivity index (χ4v) is 3.30. The summed E-state index contributed by atoms with van der Waals surface area (Å²) in [7, 11) is 0. The summed E-state index contributed by atoms with van der Waals surface area (Å²) in [5.41, 5.74) is -0.466. The van der Waals surface area contributed by atoms with Crippen molar-refractivity contribution < 1.29 is 9.53 Å². The standard InChI is InChI=1S/C16H26N2O2S/c1-5-16(4)15(19)18(8-9-20-11-12(2)3)14(17-16)13-7-6-10-21-13/h6-7,10,12,14,17H,5,8-9,11H2,1-4H3. The average Bonchev–Trinajstić information content (AvgIpc) is 3.05. The number of nitrogens with one attached hydrogen (secondary N) is 1. The van der Waals surface area contributed by atoms with E-state index in [-0.39, 0.29) is 12.1 Å². The quantitative estimate of drug-likeness (QED) is 0.787. The van der Waals surface area contributed by atoms with Gasteiger partial charge in [-0.05, 0) is 30.7 Å². The van der Waals surface area contributed by atoms with Crippen LogP contribution in [0.15, 0.2) is 17.5 Å². The van der Waals surface area contributed by atoms with Gasteiger partial charge in [-0.3, -0.25) is 10.1 Å². The lowest BCUT2D eigenvalue weighted by Gasteiger charge is -2.23. The van der Waals surface area contributed by atoms with Crippen LogP contribution in [0.5, 0.6) is 0 Å². The number of thiophene rings is 1. The van der Waals surface area contributed by atoms with E-state index in [4.69, 9.17) is 4.74 Å². The molecule has 21 heavy (non-hydrogen) atoms. The van der Waals surface area contributed by atoms with Crippen LogP contribution in [-0.4, -0.2) is 36.1 Å². The molecular formula is C16H26N2O2S. The predicted molar refractivity (Wildman–Crippen MR) is 86.3 cm³/mol. The number of carbonyl (C=O) groups is 1. The molecule has 0 bridgehead atoms. The Morgan fingerprint density at radius 3 is 2.86 bits per heavy atom. The molecule has 4 nitrogen and oxygen atoms in total. The van der Waals surface area contributed by atoms with E-state index in [1.807, 2.05) is 17.9 Å². The first kappa shape index (κ1) is 16.5. The molecule has 1 aromatic rings. The molecule has 2 atom stereocenters. The molecule has 1 amide bonds. The Morgan fingerprint density at radius 2 is 2.29 bits per heavy atom. The van der Waals surface area contributed by atoms with Crippen LogP contribution in [0.2, 0.25) is 0 Å². The van der Waals surface area contributed by atoms with Gasteiger partial charge in [-0.15, -0.1) is 11.3 Å². The number of rotatable bonds is 7. The number of ether oxygens (including phenoxy) is 1. The van der Waals surface area contributed by atoms with Crippen LogP contribution in [0.25, 0.3) is 0 Å². The van der Waals surface area contributed by atoms with E-state index < -0.39 is 5.54 Å². The maximum atomic E-state index is 12.7. The molecule has 0 radical (unpaired) electrons. The third-order valence-corrected chi connectivity index (χ3v) is 4.87. The molecule has 1 aliphatic heterocycles. The highest BCUT2D eigenvalue weighted by atomic mass is 32.1. The summed E-state index contributed by atoms with van der Waals surface area (Å²) in [5.74, 6) is 0.697. The van der Waals surface area contributed by atoms with E-state index in [1.54, 1.807) is 11.3 Å². The molecule has 1 aliphatic rings. The summed E-state index contributed by atoms with van der Waals surface area (Å²) >= 11 is 1.68. The molecule has 2 unspecified atom stereocenters. The van der Waals surface area contributed by atoms with Crippen LogP contribution in [0.4, 0.5) is 0 Å². The Balaban J connectivity index is 2.05. The van der Waals surface area contributed by atoms with Crippen molar-refractivity contribution in [2.75, 3.05) is 19.8 Å². The van der Waals surface area contributed by atoms with Gasteiger partial charge in [-0.1, -0.05) is 26.8 Å². The van der Waals surface area contributed by atoms with Crippen LogP contribution < -0.4 is 5.32 Å². The SMILES string of the molecule is CCC1(C)NC(c2cccs2)N(CCOCC(C)C)C1=O. The van der Waals surface area contributed by atoms with Gasteiger partial charge in [0.25, 0.3) is 0 Å². The smallest absolute Gasteiger partial charge is 0.244 e. The van der Waals surface area contributed by atoms with Gasteiger partial charge in [0.05, 0.1) is 12.1 Å². The first-order valence-corrected chi connectivity index (χ1v) is 8.56. The van der Waals surface area contributed by atoms with Crippen LogP contribution in [0.1, 0.15) is 45.2 Å². The van der Waals surface area contributed by atoms with Crippen molar-refractivity contribution in [2.45, 2.75) is 45.8 Å². The lowest BCUT2D eigenvalue weighted by atomic mass is 9.99. The van der Waals surface area contributed by atoms with Gasteiger partial charge in [0.15, 0.2) is 0 Å². The van der Waals surface area contributed by atoms with E-state index in [0.29, 0.717) is 19.1 Å². The zero-order chi connectivity index (χ0) is 15.5. The highest BCUT2D eigenvalue weighted by Gasteiger charge is 2.47. The second-order valence-electron chi connectivity index (χ2n) is 6.22. The molecule has 2 rings (SSSR count). The summed E-state index contributed by atoms with van der Waals surface area (Å²) in [6.07, 6.45) is 0.766. The maximum Gasteiger partial charge on any atom is 0.244 e. The Labute approximate surface area is 131 Å². The van der Waals surface area contributed by atoms with Crippen molar-refractivity contribution in [3.63, 3.8) is 0 Å². The molecule has 1 aromatic heterocycles. The zero-order valence-corrected chi connectivity index (χ0v) is 14.2. The monoisotopic (exact) mass is 310 g/mol. The topological polar surface area (TPSA) is 41.6 Å². The second kappa shape index (κ2) is 6.90. The normalized spacial score (nSPS) is 26.0. The van der Waals surface area contributed by atoms with Gasteiger partial charge in [0.1, 0.15) is 6.17 Å². The number of hydrogen-bond acceptors (Lipinski definition) is 4. The number of nitrogens with zero attached hydrogens (tertiary/aromatic N) is 1. The molecule has 2 heterocycles. The van der Waals surface area contributed by atoms with Gasteiger partial charge in [0.2, 0.25) is 5.91 Å². The van der Waals surface area contributed by atoms with Gasteiger partial charge < -0.3 is 9.64 Å². The van der Waals surface area contributed by atoms with Crippen molar-refractivity contribution in [3.05, 3.63) is 22.4 Å². The van der Waals surface area contributed by atoms with E-state index in [1.165, 1.54) is 4.88 Å². The van der Waals surface area contributed by atoms with Crippen molar-refractivity contribution in [1.29, 1.82) is 0 Å². The summed E-state index contributed by atoms with van der Waals surface area (Å²) in [5, 5.41) is 5.55. The van der Waals surface area contributed by atoms with Crippen molar-refractivity contribution in [2.24, 2.45) is 5.92 Å². The van der Waals surface area contributed by atoms with Gasteiger partial charge >= 0.3 is 0 Å². The van der Waals surface area contributed by atoms with Gasteiger partial charge in [0, 0.05) is 18.0 Å². The predicted octanol–water partition coefficient (Wildman–Crippen LogP) is 3.02. The molecule has 1 saturated heterocycles. The summed E-state index contributed by atoms with van der Waals surface area (Å²) < 4.78 is 5.65. The van der Waals surface area contributed by atoms with E-state index in [0.717, 1.165) is 13.0 Å².